The zero-order valence-corrected chi connectivity index (χ0v) is 13.7. The molecule has 7 heteroatoms. The van der Waals surface area contributed by atoms with Crippen molar-refractivity contribution in [2.24, 2.45) is 4.99 Å². The Bertz CT molecular complexity index is 697. The number of pyridine rings is 1. The standard InChI is InChI=1S/C16H17FN4OS/c1-18-16(23-2)21-15(22)13-4-3-9-19-14(13)20-10-11-5-7-12(17)8-6-11/h3-9H,10H2,1-2H3,(H,19,20)(H,18,21,22). The highest BCUT2D eigenvalue weighted by Crippen LogP contribution is 2.15. The molecule has 0 aliphatic heterocycles. The van der Waals surface area contributed by atoms with Crippen LogP contribution in [0.25, 0.3) is 0 Å². The molecular formula is C16H17FN4OS. The number of amides is 1. The van der Waals surface area contributed by atoms with E-state index in [-0.39, 0.29) is 11.7 Å². The highest BCUT2D eigenvalue weighted by molar-refractivity contribution is 8.13. The van der Waals surface area contributed by atoms with E-state index >= 15 is 0 Å². The number of halogens is 1. The van der Waals surface area contributed by atoms with Gasteiger partial charge in [-0.15, -0.1) is 0 Å². The molecule has 1 aromatic carbocycles. The fraction of sp³-hybridized carbons (Fsp3) is 0.188. The second kappa shape index (κ2) is 8.28. The van der Waals surface area contributed by atoms with Gasteiger partial charge in [0.2, 0.25) is 0 Å². The fourth-order valence-corrected chi connectivity index (χ4v) is 2.24. The normalized spacial score (nSPS) is 11.2. The maximum Gasteiger partial charge on any atom is 0.283 e. The van der Waals surface area contributed by atoms with Crippen molar-refractivity contribution in [3.05, 3.63) is 59.5 Å². The van der Waals surface area contributed by atoms with E-state index in [0.29, 0.717) is 23.1 Å². The highest BCUT2D eigenvalue weighted by atomic mass is 32.2. The first-order valence-electron chi connectivity index (χ1n) is 6.92. The SMILES string of the molecule is CNC(=NC(=O)c1cccnc1NCc1ccc(F)cc1)SC. The zero-order valence-electron chi connectivity index (χ0n) is 12.8. The van der Waals surface area contributed by atoms with Gasteiger partial charge in [-0.2, -0.15) is 4.99 Å². The lowest BCUT2D eigenvalue weighted by Gasteiger charge is -2.09. The van der Waals surface area contributed by atoms with E-state index < -0.39 is 0 Å². The number of amidine groups is 1. The topological polar surface area (TPSA) is 66.4 Å². The summed E-state index contributed by atoms with van der Waals surface area (Å²) in [6.45, 7) is 0.433. The van der Waals surface area contributed by atoms with Gasteiger partial charge in [-0.3, -0.25) is 4.79 Å². The van der Waals surface area contributed by atoms with Crippen molar-refractivity contribution < 1.29 is 9.18 Å². The summed E-state index contributed by atoms with van der Waals surface area (Å²) in [4.78, 5) is 20.5. The van der Waals surface area contributed by atoms with Gasteiger partial charge in [-0.1, -0.05) is 23.9 Å². The van der Waals surface area contributed by atoms with Gasteiger partial charge in [0.05, 0.1) is 5.56 Å². The Morgan fingerprint density at radius 1 is 1.30 bits per heavy atom. The Hall–Kier alpha value is -2.41. The third kappa shape index (κ3) is 4.79. The van der Waals surface area contributed by atoms with E-state index in [9.17, 15) is 9.18 Å². The van der Waals surface area contributed by atoms with Crippen LogP contribution in [-0.4, -0.2) is 29.4 Å². The molecule has 23 heavy (non-hydrogen) atoms. The maximum atomic E-state index is 12.9. The fourth-order valence-electron chi connectivity index (χ4n) is 1.86. The van der Waals surface area contributed by atoms with Crippen LogP contribution in [0.1, 0.15) is 15.9 Å². The second-order valence-corrected chi connectivity index (χ2v) is 5.35. The molecule has 0 fully saturated rings. The first kappa shape index (κ1) is 17.0. The molecule has 2 N–H and O–H groups in total. The van der Waals surface area contributed by atoms with E-state index in [0.717, 1.165) is 5.56 Å². The lowest BCUT2D eigenvalue weighted by atomic mass is 10.2. The van der Waals surface area contributed by atoms with Crippen molar-refractivity contribution in [3.8, 4) is 0 Å². The zero-order chi connectivity index (χ0) is 16.7. The van der Waals surface area contributed by atoms with Gasteiger partial charge in [0.15, 0.2) is 5.17 Å². The number of hydrogen-bond donors (Lipinski definition) is 2. The van der Waals surface area contributed by atoms with Crippen LogP contribution in [0, 0.1) is 5.82 Å². The third-order valence-electron chi connectivity index (χ3n) is 3.02. The molecule has 0 radical (unpaired) electrons. The molecule has 5 nitrogen and oxygen atoms in total. The molecule has 0 spiro atoms. The van der Waals surface area contributed by atoms with E-state index in [2.05, 4.69) is 20.6 Å². The average molecular weight is 332 g/mol. The summed E-state index contributed by atoms with van der Waals surface area (Å²) in [6, 6.07) is 9.49. The minimum atomic E-state index is -0.376. The molecule has 1 amide bonds. The summed E-state index contributed by atoms with van der Waals surface area (Å²) in [6.07, 6.45) is 3.43. The van der Waals surface area contributed by atoms with Crippen molar-refractivity contribution >= 4 is 28.7 Å². The Morgan fingerprint density at radius 2 is 2.04 bits per heavy atom. The molecule has 0 saturated carbocycles. The Morgan fingerprint density at radius 3 is 2.70 bits per heavy atom. The molecule has 0 atom stereocenters. The highest BCUT2D eigenvalue weighted by Gasteiger charge is 2.12. The smallest absolute Gasteiger partial charge is 0.283 e. The molecule has 0 aliphatic rings. The molecule has 120 valence electrons. The molecule has 0 bridgehead atoms. The number of aliphatic imine (C=N–C) groups is 1. The monoisotopic (exact) mass is 332 g/mol. The lowest BCUT2D eigenvalue weighted by Crippen LogP contribution is -2.16. The number of aromatic nitrogens is 1. The van der Waals surface area contributed by atoms with Crippen LogP contribution < -0.4 is 10.6 Å². The Kier molecular flexibility index (Phi) is 6.10. The number of rotatable bonds is 4. The van der Waals surface area contributed by atoms with Crippen molar-refractivity contribution in [2.75, 3.05) is 18.6 Å². The number of thioether (sulfide) groups is 1. The summed E-state index contributed by atoms with van der Waals surface area (Å²) >= 11 is 1.35. The minimum absolute atomic E-state index is 0.284. The third-order valence-corrected chi connectivity index (χ3v) is 3.70. The molecule has 2 aromatic rings. The molecular weight excluding hydrogens is 315 g/mol. The maximum absolute atomic E-state index is 12.9. The number of anilines is 1. The summed E-state index contributed by atoms with van der Waals surface area (Å²) in [5, 5.41) is 6.47. The van der Waals surface area contributed by atoms with Crippen LogP contribution in [-0.2, 0) is 6.54 Å². The summed E-state index contributed by atoms with van der Waals surface area (Å²) in [5.41, 5.74) is 1.27. The average Bonchev–Trinajstić information content (AvgIpc) is 2.59. The molecule has 0 unspecified atom stereocenters. The van der Waals surface area contributed by atoms with Crippen molar-refractivity contribution in [2.45, 2.75) is 6.54 Å². The van der Waals surface area contributed by atoms with Crippen molar-refractivity contribution in [1.29, 1.82) is 0 Å². The van der Waals surface area contributed by atoms with E-state index in [1.807, 2.05) is 6.26 Å². The predicted molar refractivity (Wildman–Crippen MR) is 92.3 cm³/mol. The number of nitrogens with one attached hydrogen (secondary N) is 2. The van der Waals surface area contributed by atoms with Gasteiger partial charge in [0, 0.05) is 19.8 Å². The molecule has 1 heterocycles. The molecule has 2 rings (SSSR count). The van der Waals surface area contributed by atoms with Gasteiger partial charge < -0.3 is 10.6 Å². The first-order valence-corrected chi connectivity index (χ1v) is 8.14. The summed E-state index contributed by atoms with van der Waals surface area (Å²) in [5.74, 6) is -0.214. The van der Waals surface area contributed by atoms with Gasteiger partial charge in [-0.25, -0.2) is 9.37 Å². The van der Waals surface area contributed by atoms with Gasteiger partial charge >= 0.3 is 0 Å². The molecule has 1 aromatic heterocycles. The van der Waals surface area contributed by atoms with Crippen LogP contribution in [0.5, 0.6) is 0 Å². The van der Waals surface area contributed by atoms with Crippen molar-refractivity contribution in [3.63, 3.8) is 0 Å². The van der Waals surface area contributed by atoms with Gasteiger partial charge in [0.1, 0.15) is 11.6 Å². The van der Waals surface area contributed by atoms with Crippen LogP contribution in [0.4, 0.5) is 10.2 Å². The minimum Gasteiger partial charge on any atom is -0.368 e. The van der Waals surface area contributed by atoms with Crippen LogP contribution in [0.2, 0.25) is 0 Å². The van der Waals surface area contributed by atoms with Crippen molar-refractivity contribution in [1.82, 2.24) is 10.3 Å². The van der Waals surface area contributed by atoms with Gasteiger partial charge in [0.25, 0.3) is 5.91 Å². The Labute approximate surface area is 138 Å². The quantitative estimate of drug-likeness (QED) is 0.666. The van der Waals surface area contributed by atoms with E-state index in [1.165, 1.54) is 23.9 Å². The number of carbonyl (C=O) groups is 1. The lowest BCUT2D eigenvalue weighted by molar-refractivity contribution is 0.100. The van der Waals surface area contributed by atoms with Crippen LogP contribution in [0.3, 0.4) is 0 Å². The Balaban J connectivity index is 2.15. The first-order chi connectivity index (χ1) is 11.1. The largest absolute Gasteiger partial charge is 0.368 e. The van der Waals surface area contributed by atoms with E-state index in [1.54, 1.807) is 37.5 Å². The van der Waals surface area contributed by atoms with Crippen LogP contribution in [0.15, 0.2) is 47.6 Å². The second-order valence-electron chi connectivity index (χ2n) is 4.56. The number of nitrogens with zero attached hydrogens (tertiary/aromatic N) is 2. The molecule has 0 aliphatic carbocycles. The summed E-state index contributed by atoms with van der Waals surface area (Å²) < 4.78 is 12.9. The van der Waals surface area contributed by atoms with Crippen LogP contribution >= 0.6 is 11.8 Å². The number of hydrogen-bond acceptors (Lipinski definition) is 4. The predicted octanol–water partition coefficient (Wildman–Crippen LogP) is 2.91. The number of carbonyl (C=O) groups excluding carboxylic acids is 1. The molecule has 0 saturated heterocycles. The number of benzene rings is 1. The van der Waals surface area contributed by atoms with Gasteiger partial charge in [-0.05, 0) is 36.1 Å². The summed E-state index contributed by atoms with van der Waals surface area (Å²) in [7, 11) is 1.71. The van der Waals surface area contributed by atoms with E-state index in [4.69, 9.17) is 0 Å².